The van der Waals surface area contributed by atoms with Gasteiger partial charge in [0.25, 0.3) is 6.54 Å². The zero-order chi connectivity index (χ0) is 20.0. The van der Waals surface area contributed by atoms with Crippen LogP contribution in [0.1, 0.15) is 29.2 Å². The normalized spacial score (nSPS) is 16.6. The molecule has 0 amide bonds. The predicted molar refractivity (Wildman–Crippen MR) is 105 cm³/mol. The third-order valence-electron chi connectivity index (χ3n) is 5.13. The zero-order valence-corrected chi connectivity index (χ0v) is 16.1. The van der Waals surface area contributed by atoms with Crippen LogP contribution < -0.4 is 15.6 Å². The van der Waals surface area contributed by atoms with Crippen molar-refractivity contribution >= 4 is 34.8 Å². The molecule has 0 unspecified atom stereocenters. The van der Waals surface area contributed by atoms with Gasteiger partial charge in [-0.25, -0.2) is 8.78 Å². The summed E-state index contributed by atoms with van der Waals surface area (Å²) in [4.78, 5) is 36.3. The fourth-order valence-corrected chi connectivity index (χ4v) is 3.65. The second-order valence-corrected chi connectivity index (χ2v) is 7.08. The van der Waals surface area contributed by atoms with Crippen molar-refractivity contribution < 1.29 is 18.5 Å². The van der Waals surface area contributed by atoms with Gasteiger partial charge in [-0.2, -0.15) is 0 Å². The molecule has 2 aliphatic rings. The van der Waals surface area contributed by atoms with Gasteiger partial charge >= 0.3 is 0 Å². The molecule has 11 heteroatoms. The number of fused-ring (bicyclic) bond motifs is 1. The summed E-state index contributed by atoms with van der Waals surface area (Å²) in [6.07, 6.45) is 2.64. The summed E-state index contributed by atoms with van der Waals surface area (Å²) >= 11 is 0. The van der Waals surface area contributed by atoms with Crippen LogP contribution in [0.5, 0.6) is 0 Å². The molecule has 1 saturated carbocycles. The van der Waals surface area contributed by atoms with E-state index in [0.717, 1.165) is 18.9 Å². The lowest BCUT2D eigenvalue weighted by atomic mass is 10.1. The van der Waals surface area contributed by atoms with E-state index in [1.54, 1.807) is 4.90 Å². The molecule has 0 radical (unpaired) electrons. The Balaban J connectivity index is 0.00000240. The number of carbonyl (C=O) groups is 1. The minimum absolute atomic E-state index is 0. The Morgan fingerprint density at radius 3 is 2.52 bits per heavy atom. The maximum absolute atomic E-state index is 15.4. The van der Waals surface area contributed by atoms with E-state index in [0.29, 0.717) is 26.2 Å². The number of halogens is 3. The molecule has 0 atom stereocenters. The SMILES string of the molecule is Cl.O=C(C[N+](=O)[O-])c1cn(C2CC2)c2c(F)c(N3CCNCC3)c(F)cc2c1=O. The molecule has 1 aliphatic heterocycles. The fourth-order valence-electron chi connectivity index (χ4n) is 3.65. The lowest BCUT2D eigenvalue weighted by Gasteiger charge is -2.30. The topological polar surface area (TPSA) is 97.5 Å². The molecule has 0 spiro atoms. The number of carbonyl (C=O) groups excluding carboxylic acids is 1. The van der Waals surface area contributed by atoms with E-state index in [1.165, 1.54) is 10.8 Å². The van der Waals surface area contributed by atoms with E-state index in [9.17, 15) is 24.1 Å². The smallest absolute Gasteiger partial charge is 0.266 e. The molecular formula is C18H19ClF2N4O4. The van der Waals surface area contributed by atoms with E-state index < -0.39 is 39.9 Å². The summed E-state index contributed by atoms with van der Waals surface area (Å²) in [6.45, 7) is 0.968. The first-order chi connectivity index (χ1) is 13.4. The summed E-state index contributed by atoms with van der Waals surface area (Å²) in [7, 11) is 0. The monoisotopic (exact) mass is 428 g/mol. The maximum Gasteiger partial charge on any atom is 0.266 e. The van der Waals surface area contributed by atoms with Crippen molar-refractivity contribution in [3.8, 4) is 0 Å². The van der Waals surface area contributed by atoms with Gasteiger partial charge in [0, 0.05) is 43.3 Å². The highest BCUT2D eigenvalue weighted by Gasteiger charge is 2.31. The number of rotatable bonds is 5. The lowest BCUT2D eigenvalue weighted by molar-refractivity contribution is -0.465. The van der Waals surface area contributed by atoms with Gasteiger partial charge in [-0.05, 0) is 18.9 Å². The Morgan fingerprint density at radius 1 is 1.28 bits per heavy atom. The number of ketones is 1. The number of aromatic nitrogens is 1. The van der Waals surface area contributed by atoms with Crippen molar-refractivity contribution in [1.29, 1.82) is 0 Å². The quantitative estimate of drug-likeness (QED) is 0.444. The van der Waals surface area contributed by atoms with Gasteiger partial charge < -0.3 is 14.8 Å². The highest BCUT2D eigenvalue weighted by atomic mass is 35.5. The molecular weight excluding hydrogens is 410 g/mol. The molecule has 1 aromatic carbocycles. The molecule has 1 N–H and O–H groups in total. The average molecular weight is 429 g/mol. The van der Waals surface area contributed by atoms with Crippen molar-refractivity contribution in [3.63, 3.8) is 0 Å². The minimum Gasteiger partial charge on any atom is -0.364 e. The average Bonchev–Trinajstić information content (AvgIpc) is 3.48. The highest BCUT2D eigenvalue weighted by molar-refractivity contribution is 6.00. The number of benzene rings is 1. The van der Waals surface area contributed by atoms with Gasteiger partial charge in [-0.1, -0.05) is 0 Å². The molecule has 29 heavy (non-hydrogen) atoms. The number of hydrogen-bond donors (Lipinski definition) is 1. The molecule has 156 valence electrons. The molecule has 2 aromatic rings. The summed E-state index contributed by atoms with van der Waals surface area (Å²) in [5, 5.41) is 13.5. The summed E-state index contributed by atoms with van der Waals surface area (Å²) in [6, 6.07) is 0.820. The van der Waals surface area contributed by atoms with Crippen LogP contribution in [0.2, 0.25) is 0 Å². The summed E-state index contributed by atoms with van der Waals surface area (Å²) in [5.74, 6) is -2.70. The van der Waals surface area contributed by atoms with Gasteiger partial charge in [0.1, 0.15) is 11.5 Å². The van der Waals surface area contributed by atoms with Crippen molar-refractivity contribution in [1.82, 2.24) is 9.88 Å². The molecule has 2 heterocycles. The van der Waals surface area contributed by atoms with Crippen molar-refractivity contribution in [3.05, 3.63) is 49.8 Å². The number of nitro groups is 1. The predicted octanol–water partition coefficient (Wildman–Crippen LogP) is 1.91. The Bertz CT molecular complexity index is 1050. The molecule has 1 aliphatic carbocycles. The molecule has 4 rings (SSSR count). The Morgan fingerprint density at radius 2 is 1.93 bits per heavy atom. The number of anilines is 1. The number of piperazine rings is 1. The third kappa shape index (κ3) is 3.82. The summed E-state index contributed by atoms with van der Waals surface area (Å²) < 4.78 is 31.7. The van der Waals surface area contributed by atoms with Crippen LogP contribution in [-0.2, 0) is 0 Å². The lowest BCUT2D eigenvalue weighted by Crippen LogP contribution is -2.44. The highest BCUT2D eigenvalue weighted by Crippen LogP contribution is 2.39. The molecule has 1 aromatic heterocycles. The van der Waals surface area contributed by atoms with E-state index in [4.69, 9.17) is 0 Å². The fraction of sp³-hybridized carbons (Fsp3) is 0.444. The van der Waals surface area contributed by atoms with Crippen LogP contribution in [0, 0.1) is 21.7 Å². The van der Waals surface area contributed by atoms with Crippen LogP contribution >= 0.6 is 12.4 Å². The number of nitrogens with zero attached hydrogens (tertiary/aromatic N) is 3. The van der Waals surface area contributed by atoms with E-state index in [2.05, 4.69) is 5.32 Å². The minimum atomic E-state index is -1.05. The van der Waals surface area contributed by atoms with E-state index in [1.807, 2.05) is 0 Å². The maximum atomic E-state index is 15.4. The van der Waals surface area contributed by atoms with Crippen LogP contribution in [-0.4, -0.2) is 48.0 Å². The first kappa shape index (κ1) is 21.1. The van der Waals surface area contributed by atoms with Crippen molar-refractivity contribution in [2.24, 2.45) is 0 Å². The first-order valence-electron chi connectivity index (χ1n) is 9.06. The van der Waals surface area contributed by atoms with Crippen LogP contribution in [0.25, 0.3) is 10.9 Å². The molecule has 8 nitrogen and oxygen atoms in total. The van der Waals surface area contributed by atoms with Gasteiger partial charge in [-0.3, -0.25) is 19.7 Å². The van der Waals surface area contributed by atoms with Crippen molar-refractivity contribution in [2.45, 2.75) is 18.9 Å². The number of pyridine rings is 1. The number of nitrogens with one attached hydrogen (secondary N) is 1. The van der Waals surface area contributed by atoms with Gasteiger partial charge in [0.2, 0.25) is 11.2 Å². The largest absolute Gasteiger partial charge is 0.364 e. The van der Waals surface area contributed by atoms with Crippen molar-refractivity contribution in [2.75, 3.05) is 37.6 Å². The molecule has 0 bridgehead atoms. The van der Waals surface area contributed by atoms with Gasteiger partial charge in [0.05, 0.1) is 16.5 Å². The van der Waals surface area contributed by atoms with Gasteiger partial charge in [0.15, 0.2) is 5.82 Å². The zero-order valence-electron chi connectivity index (χ0n) is 15.3. The third-order valence-corrected chi connectivity index (χ3v) is 5.13. The Hall–Kier alpha value is -2.59. The Labute approximate surface area is 170 Å². The number of hydrogen-bond acceptors (Lipinski definition) is 6. The molecule has 2 fully saturated rings. The van der Waals surface area contributed by atoms with Gasteiger partial charge in [-0.15, -0.1) is 12.4 Å². The van der Waals surface area contributed by atoms with E-state index >= 15 is 4.39 Å². The first-order valence-corrected chi connectivity index (χ1v) is 9.06. The standard InChI is InChI=1S/C18H18F2N4O4.ClH/c19-13-7-11-16(15(20)17(13)22-5-3-21-4-6-22)23(10-1-2-10)8-12(18(11)26)14(25)9-24(27)28;/h7-8,10,21H,1-6,9H2;1H. The molecule has 1 saturated heterocycles. The summed E-state index contributed by atoms with van der Waals surface area (Å²) in [5.41, 5.74) is -1.54. The second kappa shape index (κ2) is 8.03. The number of Topliss-reactive ketones (excluding diaryl/α,β-unsaturated/α-hetero) is 1. The van der Waals surface area contributed by atoms with E-state index in [-0.39, 0.29) is 35.0 Å². The van der Waals surface area contributed by atoms with Crippen LogP contribution in [0.15, 0.2) is 17.1 Å². The van der Waals surface area contributed by atoms with Crippen LogP contribution in [0.4, 0.5) is 14.5 Å². The second-order valence-electron chi connectivity index (χ2n) is 7.08. The Kier molecular flexibility index (Phi) is 5.85. The van der Waals surface area contributed by atoms with Crippen LogP contribution in [0.3, 0.4) is 0 Å².